The van der Waals surface area contributed by atoms with Gasteiger partial charge in [-0.15, -0.1) is 0 Å². The van der Waals surface area contributed by atoms with E-state index in [1.165, 1.54) is 0 Å². The zero-order valence-electron chi connectivity index (χ0n) is 6.29. The highest BCUT2D eigenvalue weighted by atomic mass is 16.3. The molecule has 0 atom stereocenters. The number of aliphatic hydroxyl groups is 1. The zero-order valence-corrected chi connectivity index (χ0v) is 6.29. The van der Waals surface area contributed by atoms with Gasteiger partial charge in [-0.1, -0.05) is 0 Å². The molecule has 1 fully saturated rings. The van der Waals surface area contributed by atoms with E-state index in [1.54, 1.807) is 0 Å². The first-order chi connectivity index (χ1) is 4.86. The number of likely N-dealkylation sites (tertiary alicyclic amines) is 1. The van der Waals surface area contributed by atoms with E-state index in [1.807, 2.05) is 0 Å². The number of nitrogens with zero attached hydrogens (tertiary/aromatic N) is 1. The summed E-state index contributed by atoms with van der Waals surface area (Å²) in [5, 5.41) is 8.68. The van der Waals surface area contributed by atoms with Gasteiger partial charge < -0.3 is 15.7 Å². The SMILES string of the molecule is NCCCN1CC(CO)C1. The first kappa shape index (κ1) is 7.98. The highest BCUT2D eigenvalue weighted by Gasteiger charge is 2.24. The average Bonchev–Trinajstić information content (AvgIpc) is 1.86. The van der Waals surface area contributed by atoms with Crippen LogP contribution in [0.15, 0.2) is 0 Å². The van der Waals surface area contributed by atoms with Gasteiger partial charge in [0, 0.05) is 25.6 Å². The van der Waals surface area contributed by atoms with Crippen LogP contribution in [0.5, 0.6) is 0 Å². The second-order valence-corrected chi connectivity index (χ2v) is 2.95. The van der Waals surface area contributed by atoms with E-state index in [4.69, 9.17) is 10.8 Å². The van der Waals surface area contributed by atoms with Crippen LogP contribution in [0, 0.1) is 5.92 Å². The Bertz CT molecular complexity index is 88.9. The molecule has 0 saturated carbocycles. The third-order valence-corrected chi connectivity index (χ3v) is 1.97. The number of aliphatic hydroxyl groups excluding tert-OH is 1. The first-order valence-electron chi connectivity index (χ1n) is 3.90. The lowest BCUT2D eigenvalue weighted by Crippen LogP contribution is -2.48. The van der Waals surface area contributed by atoms with E-state index >= 15 is 0 Å². The van der Waals surface area contributed by atoms with Crippen LogP contribution in [-0.2, 0) is 0 Å². The maximum atomic E-state index is 8.68. The van der Waals surface area contributed by atoms with E-state index in [9.17, 15) is 0 Å². The van der Waals surface area contributed by atoms with Crippen molar-refractivity contribution in [3.8, 4) is 0 Å². The summed E-state index contributed by atoms with van der Waals surface area (Å²) in [4.78, 5) is 2.33. The summed E-state index contributed by atoms with van der Waals surface area (Å²) in [6.07, 6.45) is 1.08. The standard InChI is InChI=1S/C7H16N2O/c8-2-1-3-9-4-7(5-9)6-10/h7,10H,1-6,8H2. The molecule has 1 aliphatic rings. The van der Waals surface area contributed by atoms with Crippen molar-refractivity contribution in [1.82, 2.24) is 4.90 Å². The van der Waals surface area contributed by atoms with Gasteiger partial charge in [-0.2, -0.15) is 0 Å². The van der Waals surface area contributed by atoms with Gasteiger partial charge in [-0.3, -0.25) is 0 Å². The molecule has 3 heteroatoms. The summed E-state index contributed by atoms with van der Waals surface area (Å²) < 4.78 is 0. The minimum atomic E-state index is 0.346. The highest BCUT2D eigenvalue weighted by molar-refractivity contribution is 4.78. The summed E-state index contributed by atoms with van der Waals surface area (Å²) in [5.74, 6) is 0.540. The molecule has 0 amide bonds. The van der Waals surface area contributed by atoms with Crippen LogP contribution in [0.2, 0.25) is 0 Å². The largest absolute Gasteiger partial charge is 0.396 e. The van der Waals surface area contributed by atoms with E-state index in [2.05, 4.69) is 4.90 Å². The van der Waals surface area contributed by atoms with Gasteiger partial charge >= 0.3 is 0 Å². The molecular weight excluding hydrogens is 128 g/mol. The van der Waals surface area contributed by atoms with Gasteiger partial charge in [0.2, 0.25) is 0 Å². The summed E-state index contributed by atoms with van der Waals surface area (Å²) in [5.41, 5.74) is 5.35. The molecule has 0 spiro atoms. The van der Waals surface area contributed by atoms with Gasteiger partial charge in [-0.05, 0) is 19.5 Å². The topological polar surface area (TPSA) is 49.5 Å². The van der Waals surface area contributed by atoms with Crippen LogP contribution in [0.3, 0.4) is 0 Å². The fourth-order valence-electron chi connectivity index (χ4n) is 1.29. The predicted octanol–water partition coefficient (Wildman–Crippen LogP) is -0.741. The Hall–Kier alpha value is -0.120. The molecule has 1 aliphatic heterocycles. The molecule has 0 radical (unpaired) electrons. The summed E-state index contributed by atoms with van der Waals surface area (Å²) >= 11 is 0. The maximum absolute atomic E-state index is 8.68. The molecule has 0 unspecified atom stereocenters. The Morgan fingerprint density at radius 1 is 1.50 bits per heavy atom. The lowest BCUT2D eigenvalue weighted by Gasteiger charge is -2.38. The molecule has 3 N–H and O–H groups in total. The minimum absolute atomic E-state index is 0.346. The fourth-order valence-corrected chi connectivity index (χ4v) is 1.29. The summed E-state index contributed by atoms with van der Waals surface area (Å²) in [6.45, 7) is 4.36. The molecule has 10 heavy (non-hydrogen) atoms. The van der Waals surface area contributed by atoms with E-state index in [0.29, 0.717) is 12.5 Å². The van der Waals surface area contributed by atoms with Crippen molar-refractivity contribution in [3.05, 3.63) is 0 Å². The van der Waals surface area contributed by atoms with Crippen molar-refractivity contribution in [2.24, 2.45) is 11.7 Å². The molecular formula is C7H16N2O. The number of hydrogen-bond donors (Lipinski definition) is 2. The van der Waals surface area contributed by atoms with Gasteiger partial charge in [0.15, 0.2) is 0 Å². The molecule has 1 rings (SSSR count). The molecule has 1 heterocycles. The van der Waals surface area contributed by atoms with Crippen molar-refractivity contribution in [2.75, 3.05) is 32.8 Å². The predicted molar refractivity (Wildman–Crippen MR) is 40.7 cm³/mol. The van der Waals surface area contributed by atoms with Crippen LogP contribution < -0.4 is 5.73 Å². The molecule has 0 bridgehead atoms. The van der Waals surface area contributed by atoms with Crippen molar-refractivity contribution in [1.29, 1.82) is 0 Å². The van der Waals surface area contributed by atoms with Crippen LogP contribution >= 0.6 is 0 Å². The molecule has 60 valence electrons. The van der Waals surface area contributed by atoms with Crippen LogP contribution in [0.1, 0.15) is 6.42 Å². The minimum Gasteiger partial charge on any atom is -0.396 e. The van der Waals surface area contributed by atoms with Gasteiger partial charge in [0.25, 0.3) is 0 Å². The average molecular weight is 144 g/mol. The molecule has 0 aliphatic carbocycles. The number of nitrogens with two attached hydrogens (primary N) is 1. The van der Waals surface area contributed by atoms with Crippen molar-refractivity contribution in [3.63, 3.8) is 0 Å². The number of hydrogen-bond acceptors (Lipinski definition) is 3. The zero-order chi connectivity index (χ0) is 7.40. The van der Waals surface area contributed by atoms with E-state index < -0.39 is 0 Å². The fraction of sp³-hybridized carbons (Fsp3) is 1.00. The lowest BCUT2D eigenvalue weighted by atomic mass is 10.0. The Balaban J connectivity index is 1.93. The van der Waals surface area contributed by atoms with Crippen LogP contribution in [0.4, 0.5) is 0 Å². The number of rotatable bonds is 4. The van der Waals surface area contributed by atoms with E-state index in [-0.39, 0.29) is 0 Å². The molecule has 3 nitrogen and oxygen atoms in total. The Kier molecular flexibility index (Phi) is 3.12. The lowest BCUT2D eigenvalue weighted by molar-refractivity contribution is 0.0538. The Morgan fingerprint density at radius 2 is 2.20 bits per heavy atom. The quantitative estimate of drug-likeness (QED) is 0.546. The van der Waals surface area contributed by atoms with Gasteiger partial charge in [0.1, 0.15) is 0 Å². The first-order valence-corrected chi connectivity index (χ1v) is 3.90. The summed E-state index contributed by atoms with van der Waals surface area (Å²) in [7, 11) is 0. The monoisotopic (exact) mass is 144 g/mol. The molecule has 0 aromatic rings. The van der Waals surface area contributed by atoms with Gasteiger partial charge in [0.05, 0.1) is 0 Å². The normalized spacial score (nSPS) is 21.0. The molecule has 0 aromatic heterocycles. The molecule has 1 saturated heterocycles. The Labute approximate surface area is 61.8 Å². The van der Waals surface area contributed by atoms with Crippen molar-refractivity contribution >= 4 is 0 Å². The maximum Gasteiger partial charge on any atom is 0.0483 e. The third-order valence-electron chi connectivity index (χ3n) is 1.97. The van der Waals surface area contributed by atoms with Crippen molar-refractivity contribution < 1.29 is 5.11 Å². The highest BCUT2D eigenvalue weighted by Crippen LogP contribution is 2.13. The van der Waals surface area contributed by atoms with Crippen molar-refractivity contribution in [2.45, 2.75) is 6.42 Å². The molecule has 0 aromatic carbocycles. The smallest absolute Gasteiger partial charge is 0.0483 e. The van der Waals surface area contributed by atoms with Crippen LogP contribution in [0.25, 0.3) is 0 Å². The third kappa shape index (κ3) is 1.94. The van der Waals surface area contributed by atoms with Gasteiger partial charge in [-0.25, -0.2) is 0 Å². The second-order valence-electron chi connectivity index (χ2n) is 2.95. The Morgan fingerprint density at radius 3 is 2.70 bits per heavy atom. The second kappa shape index (κ2) is 3.91. The van der Waals surface area contributed by atoms with Crippen LogP contribution in [-0.4, -0.2) is 42.8 Å². The summed E-state index contributed by atoms with van der Waals surface area (Å²) in [6, 6.07) is 0. The van der Waals surface area contributed by atoms with E-state index in [0.717, 1.165) is 32.6 Å².